The van der Waals surface area contributed by atoms with Crippen LogP contribution in [-0.4, -0.2) is 86.0 Å². The lowest BCUT2D eigenvalue weighted by molar-refractivity contribution is -0.142. The number of carbonyl (C=O) groups excluding carboxylic acids is 4. The number of phenolic OH excluding ortho intramolecular Hbond substituents is 1. The van der Waals surface area contributed by atoms with Crippen molar-refractivity contribution < 1.29 is 34.2 Å². The van der Waals surface area contributed by atoms with E-state index in [9.17, 15) is 34.2 Å². The van der Waals surface area contributed by atoms with Gasteiger partial charge < -0.3 is 42.6 Å². The van der Waals surface area contributed by atoms with Crippen molar-refractivity contribution >= 4 is 41.4 Å². The molecule has 0 radical (unpaired) electrons. The van der Waals surface area contributed by atoms with E-state index in [-0.39, 0.29) is 37.9 Å². The molecule has 0 bridgehead atoms. The van der Waals surface area contributed by atoms with Crippen LogP contribution < -0.4 is 27.4 Å². The monoisotopic (exact) mass is 577 g/mol. The molecule has 0 aliphatic carbocycles. The number of nitrogens with one attached hydrogen (secondary N) is 4. The van der Waals surface area contributed by atoms with Crippen LogP contribution in [0.3, 0.4) is 0 Å². The second-order valence-electron chi connectivity index (χ2n) is 9.07. The Bertz CT molecular complexity index is 1140. The van der Waals surface area contributed by atoms with Crippen molar-refractivity contribution in [3.8, 4) is 5.75 Å². The molecule has 218 valence electrons. The molecule has 4 atom stereocenters. The zero-order valence-corrected chi connectivity index (χ0v) is 22.8. The summed E-state index contributed by atoms with van der Waals surface area (Å²) in [4.78, 5) is 68.7. The number of carboxylic acids is 1. The number of hydrogen-bond donors (Lipinski definition) is 8. The Morgan fingerprint density at radius 1 is 0.950 bits per heavy atom. The van der Waals surface area contributed by atoms with Gasteiger partial charge in [0.25, 0.3) is 0 Å². The number of phenols is 1. The van der Waals surface area contributed by atoms with Crippen molar-refractivity contribution in [1.29, 1.82) is 0 Å². The van der Waals surface area contributed by atoms with Crippen LogP contribution in [0.15, 0.2) is 36.8 Å². The number of aromatic nitrogens is 2. The lowest BCUT2D eigenvalue weighted by Crippen LogP contribution is -2.58. The standard InChI is InChI=1S/C25H35N7O7S/c1-40-9-8-18(30-22(35)17(26)10-14-2-4-16(33)5-3-14)23(36)32-20(11-15-12-28-13-29-15)24(37)31-19(25(38)39)6-7-21(27)34/h2-5,12-13,17-20,33H,6-11,26H2,1H3,(H2,27,34)(H,28,29)(H,30,35)(H,31,37)(H,32,36)(H,38,39). The van der Waals surface area contributed by atoms with E-state index in [0.717, 1.165) is 0 Å². The molecule has 0 aliphatic heterocycles. The summed E-state index contributed by atoms with van der Waals surface area (Å²) < 4.78 is 0. The van der Waals surface area contributed by atoms with E-state index in [4.69, 9.17) is 11.5 Å². The van der Waals surface area contributed by atoms with Crippen molar-refractivity contribution in [3.63, 3.8) is 0 Å². The Kier molecular flexibility index (Phi) is 12.9. The van der Waals surface area contributed by atoms with Gasteiger partial charge in [-0.3, -0.25) is 19.2 Å². The minimum Gasteiger partial charge on any atom is -0.508 e. The van der Waals surface area contributed by atoms with Crippen LogP contribution >= 0.6 is 11.8 Å². The summed E-state index contributed by atoms with van der Waals surface area (Å²) >= 11 is 1.45. The highest BCUT2D eigenvalue weighted by Gasteiger charge is 2.31. The summed E-state index contributed by atoms with van der Waals surface area (Å²) in [7, 11) is 0. The molecule has 14 nitrogen and oxygen atoms in total. The molecule has 10 N–H and O–H groups in total. The van der Waals surface area contributed by atoms with Gasteiger partial charge >= 0.3 is 5.97 Å². The fourth-order valence-corrected chi connectivity index (χ4v) is 4.15. The van der Waals surface area contributed by atoms with Crippen molar-refractivity contribution in [2.75, 3.05) is 12.0 Å². The summed E-state index contributed by atoms with van der Waals surface area (Å²) in [5.41, 5.74) is 12.4. The van der Waals surface area contributed by atoms with Crippen molar-refractivity contribution in [3.05, 3.63) is 48.0 Å². The molecule has 1 aromatic carbocycles. The van der Waals surface area contributed by atoms with E-state index in [1.807, 2.05) is 6.26 Å². The van der Waals surface area contributed by atoms with Crippen LogP contribution in [0.5, 0.6) is 5.75 Å². The first-order valence-electron chi connectivity index (χ1n) is 12.4. The number of thioether (sulfide) groups is 1. The molecule has 0 saturated heterocycles. The fraction of sp³-hybridized carbons (Fsp3) is 0.440. The summed E-state index contributed by atoms with van der Waals surface area (Å²) in [6, 6.07) is 1.55. The number of benzene rings is 1. The molecule has 2 aromatic rings. The van der Waals surface area contributed by atoms with Gasteiger partial charge in [0, 0.05) is 24.7 Å². The maximum Gasteiger partial charge on any atom is 0.326 e. The molecule has 4 unspecified atom stereocenters. The third-order valence-corrected chi connectivity index (χ3v) is 6.52. The Labute approximate surface area is 235 Å². The van der Waals surface area contributed by atoms with Crippen LogP contribution in [-0.2, 0) is 36.8 Å². The first kappa shape index (κ1) is 32.1. The fourth-order valence-electron chi connectivity index (χ4n) is 3.68. The molecule has 0 fully saturated rings. The average Bonchev–Trinajstić information content (AvgIpc) is 3.42. The number of amides is 4. The topological polar surface area (TPSA) is 243 Å². The summed E-state index contributed by atoms with van der Waals surface area (Å²) in [6.07, 6.45) is 4.52. The predicted octanol–water partition coefficient (Wildman–Crippen LogP) is -1.21. The zero-order valence-electron chi connectivity index (χ0n) is 22.0. The van der Waals surface area contributed by atoms with E-state index in [2.05, 4.69) is 25.9 Å². The van der Waals surface area contributed by atoms with Gasteiger partial charge in [0.05, 0.1) is 12.4 Å². The van der Waals surface area contributed by atoms with Gasteiger partial charge in [-0.05, 0) is 49.0 Å². The minimum absolute atomic E-state index is 0.0523. The van der Waals surface area contributed by atoms with Gasteiger partial charge in [-0.2, -0.15) is 11.8 Å². The molecule has 1 heterocycles. The Morgan fingerprint density at radius 3 is 2.15 bits per heavy atom. The van der Waals surface area contributed by atoms with E-state index in [1.54, 1.807) is 12.1 Å². The van der Waals surface area contributed by atoms with Crippen LogP contribution in [0.4, 0.5) is 0 Å². The number of hydrogen-bond acceptors (Lipinski definition) is 9. The molecular weight excluding hydrogens is 542 g/mol. The lowest BCUT2D eigenvalue weighted by atomic mass is 10.0. The van der Waals surface area contributed by atoms with Gasteiger partial charge in [0.2, 0.25) is 23.6 Å². The number of rotatable bonds is 17. The molecule has 40 heavy (non-hydrogen) atoms. The van der Waals surface area contributed by atoms with Gasteiger partial charge in [-0.1, -0.05) is 12.1 Å². The first-order valence-corrected chi connectivity index (χ1v) is 13.8. The quantitative estimate of drug-likeness (QED) is 0.111. The number of aliphatic carboxylic acids is 1. The zero-order chi connectivity index (χ0) is 29.7. The molecule has 0 spiro atoms. The maximum atomic E-state index is 13.3. The van der Waals surface area contributed by atoms with Gasteiger partial charge in [-0.15, -0.1) is 0 Å². The number of carbonyl (C=O) groups is 5. The van der Waals surface area contributed by atoms with Crippen molar-refractivity contribution in [2.45, 2.75) is 56.3 Å². The third-order valence-electron chi connectivity index (χ3n) is 5.88. The van der Waals surface area contributed by atoms with E-state index < -0.39 is 53.8 Å². The molecule has 0 aliphatic rings. The molecule has 1 aromatic heterocycles. The van der Waals surface area contributed by atoms with Gasteiger partial charge in [0.1, 0.15) is 23.9 Å². The smallest absolute Gasteiger partial charge is 0.326 e. The van der Waals surface area contributed by atoms with Crippen LogP contribution in [0.1, 0.15) is 30.5 Å². The predicted molar refractivity (Wildman–Crippen MR) is 147 cm³/mol. The number of primary amides is 1. The van der Waals surface area contributed by atoms with Crippen LogP contribution in [0.25, 0.3) is 0 Å². The van der Waals surface area contributed by atoms with Gasteiger partial charge in [0.15, 0.2) is 0 Å². The van der Waals surface area contributed by atoms with E-state index in [0.29, 0.717) is 17.0 Å². The van der Waals surface area contributed by atoms with Crippen molar-refractivity contribution in [2.24, 2.45) is 11.5 Å². The second-order valence-corrected chi connectivity index (χ2v) is 10.1. The molecular formula is C25H35N7O7S. The lowest BCUT2D eigenvalue weighted by Gasteiger charge is -2.25. The number of aromatic amines is 1. The van der Waals surface area contributed by atoms with Crippen LogP contribution in [0.2, 0.25) is 0 Å². The third kappa shape index (κ3) is 10.9. The number of imidazole rings is 1. The average molecular weight is 578 g/mol. The number of nitrogens with zero attached hydrogens (tertiary/aromatic N) is 1. The Morgan fingerprint density at radius 2 is 1.57 bits per heavy atom. The summed E-state index contributed by atoms with van der Waals surface area (Å²) in [5, 5.41) is 26.5. The highest BCUT2D eigenvalue weighted by Crippen LogP contribution is 2.11. The van der Waals surface area contributed by atoms with Gasteiger partial charge in [-0.25, -0.2) is 9.78 Å². The molecule has 2 rings (SSSR count). The largest absolute Gasteiger partial charge is 0.508 e. The highest BCUT2D eigenvalue weighted by molar-refractivity contribution is 7.98. The maximum absolute atomic E-state index is 13.3. The second kappa shape index (κ2) is 16.1. The Balaban J connectivity index is 2.15. The molecule has 4 amide bonds. The molecule has 15 heteroatoms. The number of aromatic hydroxyl groups is 1. The number of carboxylic acid groups (broad SMARTS) is 1. The summed E-state index contributed by atoms with van der Waals surface area (Å²) in [6.45, 7) is 0. The van der Waals surface area contributed by atoms with E-state index in [1.165, 1.54) is 36.4 Å². The summed E-state index contributed by atoms with van der Waals surface area (Å²) in [5.74, 6) is -3.56. The van der Waals surface area contributed by atoms with Crippen molar-refractivity contribution in [1.82, 2.24) is 25.9 Å². The first-order chi connectivity index (χ1) is 19.0. The van der Waals surface area contributed by atoms with E-state index >= 15 is 0 Å². The van der Waals surface area contributed by atoms with Crippen LogP contribution in [0, 0.1) is 0 Å². The molecule has 0 saturated carbocycles. The number of nitrogens with two attached hydrogens (primary N) is 2. The normalized spacial score (nSPS) is 13.8. The number of H-pyrrole nitrogens is 1. The SMILES string of the molecule is CSCCC(NC(=O)C(N)Cc1ccc(O)cc1)C(=O)NC(Cc1cnc[nH]1)C(=O)NC(CCC(N)=O)C(=O)O. The minimum atomic E-state index is -1.41. The Hall–Kier alpha value is -4.11. The highest BCUT2D eigenvalue weighted by atomic mass is 32.2.